The van der Waals surface area contributed by atoms with Crippen molar-refractivity contribution in [2.75, 3.05) is 17.2 Å². The number of hydrogen-bond donors (Lipinski definition) is 2. The van der Waals surface area contributed by atoms with Gasteiger partial charge < -0.3 is 10.6 Å². The molecule has 1 aromatic heterocycles. The quantitative estimate of drug-likeness (QED) is 0.786. The highest BCUT2D eigenvalue weighted by Crippen LogP contribution is 2.27. The molecule has 2 aromatic rings. The maximum atomic E-state index is 6.12. The molecule has 0 unspecified atom stereocenters. The average molecular weight is 325 g/mol. The largest absolute Gasteiger partial charge is 0.354 e. The van der Waals surface area contributed by atoms with E-state index in [1.54, 1.807) is 30.5 Å². The third-order valence-electron chi connectivity index (χ3n) is 2.85. The van der Waals surface area contributed by atoms with E-state index in [4.69, 9.17) is 23.2 Å². The molecule has 1 aromatic carbocycles. The van der Waals surface area contributed by atoms with Gasteiger partial charge in [-0.05, 0) is 36.6 Å². The molecule has 0 saturated carbocycles. The van der Waals surface area contributed by atoms with Gasteiger partial charge in [0, 0.05) is 17.8 Å². The Balaban J connectivity index is 2.05. The molecule has 0 fully saturated rings. The van der Waals surface area contributed by atoms with E-state index in [0.29, 0.717) is 27.7 Å². The Hall–Kier alpha value is -1.52. The molecule has 0 atom stereocenters. The van der Waals surface area contributed by atoms with Crippen LogP contribution in [0.25, 0.3) is 0 Å². The summed E-state index contributed by atoms with van der Waals surface area (Å²) in [6.45, 7) is 5.21. The van der Waals surface area contributed by atoms with Gasteiger partial charge in [0.05, 0.1) is 10.7 Å². The standard InChI is InChI=1S/C15H18Cl2N4/c1-10(2)5-7-18-15-19-8-6-14(21-15)20-13-9-11(16)3-4-12(13)17/h3-4,6,8-10H,5,7H2,1-2H3,(H2,18,19,20,21). The summed E-state index contributed by atoms with van der Waals surface area (Å²) >= 11 is 12.1. The van der Waals surface area contributed by atoms with E-state index in [2.05, 4.69) is 34.4 Å². The minimum absolute atomic E-state index is 0.590. The predicted molar refractivity (Wildman–Crippen MR) is 89.7 cm³/mol. The molecule has 0 aliphatic heterocycles. The lowest BCUT2D eigenvalue weighted by molar-refractivity contribution is 0.606. The van der Waals surface area contributed by atoms with E-state index in [-0.39, 0.29) is 0 Å². The number of anilines is 3. The third kappa shape index (κ3) is 5.06. The van der Waals surface area contributed by atoms with E-state index in [0.717, 1.165) is 18.7 Å². The first-order valence-electron chi connectivity index (χ1n) is 6.83. The minimum Gasteiger partial charge on any atom is -0.354 e. The Kier molecular flexibility index (Phi) is 5.65. The zero-order chi connectivity index (χ0) is 15.2. The smallest absolute Gasteiger partial charge is 0.224 e. The maximum absolute atomic E-state index is 6.12. The second-order valence-electron chi connectivity index (χ2n) is 5.12. The van der Waals surface area contributed by atoms with Gasteiger partial charge in [-0.1, -0.05) is 37.0 Å². The fourth-order valence-corrected chi connectivity index (χ4v) is 2.05. The second-order valence-corrected chi connectivity index (χ2v) is 5.97. The van der Waals surface area contributed by atoms with Gasteiger partial charge in [-0.2, -0.15) is 4.98 Å². The summed E-state index contributed by atoms with van der Waals surface area (Å²) in [5.41, 5.74) is 0.719. The number of rotatable bonds is 6. The SMILES string of the molecule is CC(C)CCNc1nccc(Nc2cc(Cl)ccc2Cl)n1. The highest BCUT2D eigenvalue weighted by molar-refractivity contribution is 6.35. The molecule has 0 saturated heterocycles. The van der Waals surface area contributed by atoms with Crippen molar-refractivity contribution < 1.29 is 0 Å². The maximum Gasteiger partial charge on any atom is 0.224 e. The minimum atomic E-state index is 0.590. The van der Waals surface area contributed by atoms with Crippen LogP contribution in [-0.2, 0) is 0 Å². The molecule has 0 amide bonds. The fraction of sp³-hybridized carbons (Fsp3) is 0.333. The van der Waals surface area contributed by atoms with Gasteiger partial charge in [-0.3, -0.25) is 0 Å². The molecule has 112 valence electrons. The number of halogens is 2. The Morgan fingerprint density at radius 1 is 1.19 bits per heavy atom. The first kappa shape index (κ1) is 15.9. The van der Waals surface area contributed by atoms with E-state index in [1.165, 1.54) is 0 Å². The monoisotopic (exact) mass is 324 g/mol. The van der Waals surface area contributed by atoms with E-state index in [1.807, 2.05) is 0 Å². The average Bonchev–Trinajstić information content (AvgIpc) is 2.43. The highest BCUT2D eigenvalue weighted by atomic mass is 35.5. The topological polar surface area (TPSA) is 49.8 Å². The van der Waals surface area contributed by atoms with Crippen LogP contribution in [0.2, 0.25) is 10.0 Å². The van der Waals surface area contributed by atoms with Gasteiger partial charge >= 0.3 is 0 Å². The first-order chi connectivity index (χ1) is 10.0. The van der Waals surface area contributed by atoms with Crippen molar-refractivity contribution in [3.8, 4) is 0 Å². The number of nitrogens with zero attached hydrogens (tertiary/aromatic N) is 2. The molecule has 0 bridgehead atoms. The molecule has 1 heterocycles. The molecule has 21 heavy (non-hydrogen) atoms. The van der Waals surface area contributed by atoms with Gasteiger partial charge in [0.2, 0.25) is 5.95 Å². The van der Waals surface area contributed by atoms with E-state index >= 15 is 0 Å². The van der Waals surface area contributed by atoms with Crippen LogP contribution in [-0.4, -0.2) is 16.5 Å². The first-order valence-corrected chi connectivity index (χ1v) is 7.59. The molecule has 4 nitrogen and oxygen atoms in total. The molecule has 2 N–H and O–H groups in total. The summed E-state index contributed by atoms with van der Waals surface area (Å²) in [5, 5.41) is 7.56. The lowest BCUT2D eigenvalue weighted by Gasteiger charge is -2.10. The van der Waals surface area contributed by atoms with Crippen molar-refractivity contribution in [2.24, 2.45) is 5.92 Å². The van der Waals surface area contributed by atoms with Crippen LogP contribution in [0.3, 0.4) is 0 Å². The lowest BCUT2D eigenvalue weighted by Crippen LogP contribution is -2.08. The molecule has 0 aliphatic carbocycles. The van der Waals surface area contributed by atoms with Gasteiger partial charge in [0.25, 0.3) is 0 Å². The van der Waals surface area contributed by atoms with E-state index < -0.39 is 0 Å². The Bertz CT molecular complexity index is 602. The molecular formula is C15H18Cl2N4. The normalized spacial score (nSPS) is 10.7. The summed E-state index contributed by atoms with van der Waals surface area (Å²) in [4.78, 5) is 8.60. The van der Waals surface area contributed by atoms with Crippen LogP contribution in [0, 0.1) is 5.92 Å². The van der Waals surface area contributed by atoms with Gasteiger partial charge in [-0.15, -0.1) is 0 Å². The number of hydrogen-bond acceptors (Lipinski definition) is 4. The lowest BCUT2D eigenvalue weighted by atomic mass is 10.1. The summed E-state index contributed by atoms with van der Waals surface area (Å²) in [5.74, 6) is 1.91. The summed E-state index contributed by atoms with van der Waals surface area (Å²) in [6.07, 6.45) is 2.77. The van der Waals surface area contributed by atoms with Crippen molar-refractivity contribution >= 4 is 40.7 Å². The summed E-state index contributed by atoms with van der Waals surface area (Å²) < 4.78 is 0. The highest BCUT2D eigenvalue weighted by Gasteiger charge is 2.04. The van der Waals surface area contributed by atoms with Crippen molar-refractivity contribution in [2.45, 2.75) is 20.3 Å². The van der Waals surface area contributed by atoms with Crippen LogP contribution in [0.1, 0.15) is 20.3 Å². The zero-order valence-corrected chi connectivity index (χ0v) is 13.5. The fourth-order valence-electron chi connectivity index (χ4n) is 1.72. The number of aromatic nitrogens is 2. The van der Waals surface area contributed by atoms with Gasteiger partial charge in [-0.25, -0.2) is 4.98 Å². The number of nitrogens with one attached hydrogen (secondary N) is 2. The second kappa shape index (κ2) is 7.48. The van der Waals surface area contributed by atoms with Crippen molar-refractivity contribution in [3.05, 3.63) is 40.5 Å². The van der Waals surface area contributed by atoms with Crippen LogP contribution in [0.4, 0.5) is 17.5 Å². The Morgan fingerprint density at radius 3 is 2.76 bits per heavy atom. The third-order valence-corrected chi connectivity index (χ3v) is 3.42. The molecular weight excluding hydrogens is 307 g/mol. The van der Waals surface area contributed by atoms with Crippen LogP contribution < -0.4 is 10.6 Å². The Labute approximate surface area is 134 Å². The summed E-state index contributed by atoms with van der Waals surface area (Å²) in [6, 6.07) is 7.03. The van der Waals surface area contributed by atoms with Crippen molar-refractivity contribution in [1.82, 2.24) is 9.97 Å². The molecule has 0 aliphatic rings. The number of benzene rings is 1. The predicted octanol–water partition coefficient (Wildman–Crippen LogP) is 4.99. The van der Waals surface area contributed by atoms with E-state index in [9.17, 15) is 0 Å². The van der Waals surface area contributed by atoms with Crippen LogP contribution in [0.15, 0.2) is 30.5 Å². The van der Waals surface area contributed by atoms with Crippen LogP contribution >= 0.6 is 23.2 Å². The van der Waals surface area contributed by atoms with Crippen LogP contribution in [0.5, 0.6) is 0 Å². The van der Waals surface area contributed by atoms with Crippen molar-refractivity contribution in [1.29, 1.82) is 0 Å². The summed E-state index contributed by atoms with van der Waals surface area (Å²) in [7, 11) is 0. The molecule has 6 heteroatoms. The Morgan fingerprint density at radius 2 is 2.00 bits per heavy atom. The molecule has 0 spiro atoms. The van der Waals surface area contributed by atoms with Crippen molar-refractivity contribution in [3.63, 3.8) is 0 Å². The van der Waals surface area contributed by atoms with Gasteiger partial charge in [0.15, 0.2) is 0 Å². The molecule has 2 rings (SSSR count). The zero-order valence-electron chi connectivity index (χ0n) is 12.0. The molecule has 0 radical (unpaired) electrons. The van der Waals surface area contributed by atoms with Gasteiger partial charge in [0.1, 0.15) is 5.82 Å².